The number of ketones is 1. The monoisotopic (exact) mass is 544 g/mol. The number of carbonyl (C=O) groups is 2. The summed E-state index contributed by atoms with van der Waals surface area (Å²) >= 11 is 0. The maximum Gasteiger partial charge on any atom is 0.331 e. The van der Waals surface area contributed by atoms with E-state index >= 15 is 0 Å². The average Bonchev–Trinajstić information content (AvgIpc) is 3.60. The lowest BCUT2D eigenvalue weighted by Gasteiger charge is -2.63. The minimum absolute atomic E-state index is 0.112. The highest BCUT2D eigenvalue weighted by molar-refractivity contribution is 5.93. The number of rotatable bonds is 1. The Kier molecular flexibility index (Phi) is 5.14. The minimum Gasteiger partial charge on any atom is -0.458 e. The Balaban J connectivity index is 1.16. The van der Waals surface area contributed by atoms with E-state index in [1.165, 1.54) is 6.08 Å². The fraction of sp³-hybridized carbons (Fsp3) is 0.793. The molecule has 0 aromatic carbocycles. The lowest BCUT2D eigenvalue weighted by Crippen LogP contribution is -2.71. The van der Waals surface area contributed by atoms with Gasteiger partial charge in [-0.15, -0.1) is 0 Å². The number of aliphatic hydroxyl groups excluding tert-OH is 1. The Morgan fingerprint density at radius 2 is 1.95 bits per heavy atom. The molecule has 6 fully saturated rings. The molecule has 212 valence electrons. The van der Waals surface area contributed by atoms with E-state index in [9.17, 15) is 19.8 Å². The van der Waals surface area contributed by atoms with Crippen molar-refractivity contribution >= 4 is 11.8 Å². The van der Waals surface area contributed by atoms with E-state index in [4.69, 9.17) is 28.4 Å². The number of aliphatic hydroxyl groups is 2. The SMILES string of the molecule is C[C@]12C[C@H]3O[C@@]45OCO[C@@H]4CCO[C@H]5O[C@H]3C=C1CC[C@@H]1[C@@H]2[C@H](O)C(=O)[C@]2(C)[C@@H](C3=CC(=O)OC3)CC[C@]12O. The lowest BCUT2D eigenvalue weighted by atomic mass is 9.43. The predicted octanol–water partition coefficient (Wildman–Crippen LogP) is 1.52. The molecule has 3 saturated carbocycles. The van der Waals surface area contributed by atoms with Crippen molar-refractivity contribution in [2.45, 2.75) is 94.5 Å². The van der Waals surface area contributed by atoms with Crippen LogP contribution in [0.5, 0.6) is 0 Å². The molecular weight excluding hydrogens is 508 g/mol. The zero-order valence-corrected chi connectivity index (χ0v) is 22.3. The van der Waals surface area contributed by atoms with Crippen LogP contribution in [0.25, 0.3) is 0 Å². The van der Waals surface area contributed by atoms with Gasteiger partial charge in [0.05, 0.1) is 23.7 Å². The Morgan fingerprint density at radius 3 is 2.74 bits per heavy atom. The van der Waals surface area contributed by atoms with Crippen molar-refractivity contribution in [1.82, 2.24) is 0 Å². The first-order valence-corrected chi connectivity index (χ1v) is 14.4. The summed E-state index contributed by atoms with van der Waals surface area (Å²) in [5, 5.41) is 24.3. The molecule has 10 nitrogen and oxygen atoms in total. The fourth-order valence-electron chi connectivity index (χ4n) is 9.94. The van der Waals surface area contributed by atoms with Crippen molar-refractivity contribution in [2.75, 3.05) is 20.0 Å². The highest BCUT2D eigenvalue weighted by Crippen LogP contribution is 2.68. The van der Waals surface area contributed by atoms with Gasteiger partial charge >= 0.3 is 5.97 Å². The van der Waals surface area contributed by atoms with Crippen LogP contribution in [0.15, 0.2) is 23.3 Å². The first kappa shape index (κ1) is 25.1. The molecule has 0 aromatic heterocycles. The summed E-state index contributed by atoms with van der Waals surface area (Å²) in [4.78, 5) is 26.0. The van der Waals surface area contributed by atoms with Crippen molar-refractivity contribution in [3.63, 3.8) is 0 Å². The van der Waals surface area contributed by atoms with Crippen LogP contribution in [0.3, 0.4) is 0 Å². The molecule has 8 rings (SSSR count). The first-order valence-electron chi connectivity index (χ1n) is 14.4. The van der Waals surface area contributed by atoms with Gasteiger partial charge in [-0.1, -0.05) is 18.6 Å². The van der Waals surface area contributed by atoms with Crippen LogP contribution in [0.4, 0.5) is 0 Å². The molecule has 1 spiro atoms. The number of hydrogen-bond acceptors (Lipinski definition) is 10. The smallest absolute Gasteiger partial charge is 0.331 e. The van der Waals surface area contributed by atoms with Gasteiger partial charge in [0.1, 0.15) is 24.9 Å². The molecule has 4 heterocycles. The van der Waals surface area contributed by atoms with E-state index in [-0.39, 0.29) is 49.3 Å². The largest absolute Gasteiger partial charge is 0.458 e. The second-order valence-corrected chi connectivity index (χ2v) is 13.2. The number of ether oxygens (including phenoxy) is 6. The third kappa shape index (κ3) is 2.96. The minimum atomic E-state index is -1.30. The maximum atomic E-state index is 14.2. The number of Topliss-reactive ketones (excluding diaryl/α,β-unsaturated/α-hetero) is 1. The predicted molar refractivity (Wildman–Crippen MR) is 131 cm³/mol. The van der Waals surface area contributed by atoms with Gasteiger partial charge in [0, 0.05) is 18.4 Å². The quantitative estimate of drug-likeness (QED) is 0.370. The summed E-state index contributed by atoms with van der Waals surface area (Å²) in [6.45, 7) is 4.64. The summed E-state index contributed by atoms with van der Waals surface area (Å²) in [5.74, 6) is -2.99. The maximum absolute atomic E-state index is 14.2. The first-order chi connectivity index (χ1) is 18.6. The zero-order chi connectivity index (χ0) is 26.9. The van der Waals surface area contributed by atoms with Gasteiger partial charge in [0.25, 0.3) is 0 Å². The molecule has 0 amide bonds. The molecule has 0 unspecified atom stereocenters. The highest BCUT2D eigenvalue weighted by Gasteiger charge is 2.74. The van der Waals surface area contributed by atoms with Gasteiger partial charge < -0.3 is 38.6 Å². The summed E-state index contributed by atoms with van der Waals surface area (Å²) < 4.78 is 35.9. The van der Waals surface area contributed by atoms with Gasteiger partial charge in [-0.05, 0) is 61.9 Å². The van der Waals surface area contributed by atoms with Crippen LogP contribution < -0.4 is 0 Å². The molecule has 0 radical (unpaired) electrons. The van der Waals surface area contributed by atoms with Crippen LogP contribution in [-0.4, -0.2) is 84.1 Å². The Hall–Kier alpha value is -1.66. The number of esters is 1. The third-order valence-electron chi connectivity index (χ3n) is 11.9. The highest BCUT2D eigenvalue weighted by atomic mass is 16.9. The number of allylic oxidation sites excluding steroid dienone is 1. The molecular formula is C29H36O10. The summed E-state index contributed by atoms with van der Waals surface area (Å²) in [7, 11) is 0. The Labute approximate surface area is 226 Å². The molecule has 12 atom stereocenters. The molecule has 8 aliphatic rings. The molecule has 2 N–H and O–H groups in total. The number of carbonyl (C=O) groups excluding carboxylic acids is 2. The van der Waals surface area contributed by atoms with E-state index < -0.39 is 46.5 Å². The van der Waals surface area contributed by atoms with Crippen molar-refractivity contribution in [3.8, 4) is 0 Å². The molecule has 3 saturated heterocycles. The van der Waals surface area contributed by atoms with Crippen LogP contribution in [0, 0.1) is 28.6 Å². The van der Waals surface area contributed by atoms with Crippen molar-refractivity contribution in [3.05, 3.63) is 23.3 Å². The van der Waals surface area contributed by atoms with Crippen LogP contribution in [0.1, 0.15) is 52.4 Å². The van der Waals surface area contributed by atoms with Gasteiger partial charge in [0.15, 0.2) is 12.6 Å². The van der Waals surface area contributed by atoms with Crippen molar-refractivity contribution < 1.29 is 48.2 Å². The third-order valence-corrected chi connectivity index (χ3v) is 11.9. The fourth-order valence-corrected chi connectivity index (χ4v) is 9.94. The van der Waals surface area contributed by atoms with E-state index in [0.717, 1.165) is 17.6 Å². The second kappa shape index (κ2) is 8.00. The standard InChI is InChI=1S/C29H36O10/c1-26-11-19-18(38-25-29(39-19)20(6-8-34-25)36-13-37-29)10-15(26)3-4-17-22(26)23(31)24(32)27(2)16(5-7-28(17,27)33)14-9-21(30)35-12-14/h9-10,16-20,22-23,25,31,33H,3-8,11-13H2,1-2H3/t16-,17-,18+,19-,20-,22-,23+,25+,26+,27+,28+,29+/m1/s1. The van der Waals surface area contributed by atoms with Crippen molar-refractivity contribution in [1.29, 1.82) is 0 Å². The van der Waals surface area contributed by atoms with Crippen molar-refractivity contribution in [2.24, 2.45) is 28.6 Å². The van der Waals surface area contributed by atoms with Crippen LogP contribution in [-0.2, 0) is 38.0 Å². The van der Waals surface area contributed by atoms with Gasteiger partial charge in [-0.3, -0.25) is 4.79 Å². The summed E-state index contributed by atoms with van der Waals surface area (Å²) in [6.07, 6.45) is 4.18. The summed E-state index contributed by atoms with van der Waals surface area (Å²) in [5.41, 5.74) is -1.20. The van der Waals surface area contributed by atoms with E-state index in [1.54, 1.807) is 6.92 Å². The van der Waals surface area contributed by atoms with E-state index in [0.29, 0.717) is 38.7 Å². The van der Waals surface area contributed by atoms with Crippen LogP contribution >= 0.6 is 0 Å². The number of hydrogen-bond donors (Lipinski definition) is 2. The van der Waals surface area contributed by atoms with Gasteiger partial charge in [0.2, 0.25) is 12.1 Å². The zero-order valence-electron chi connectivity index (χ0n) is 22.3. The molecule has 4 aliphatic heterocycles. The molecule has 0 bridgehead atoms. The Morgan fingerprint density at radius 1 is 1.10 bits per heavy atom. The van der Waals surface area contributed by atoms with Crippen LogP contribution in [0.2, 0.25) is 0 Å². The second-order valence-electron chi connectivity index (χ2n) is 13.2. The summed E-state index contributed by atoms with van der Waals surface area (Å²) in [6, 6.07) is 0. The van der Waals surface area contributed by atoms with E-state index in [1.807, 2.05) is 0 Å². The molecule has 39 heavy (non-hydrogen) atoms. The van der Waals surface area contributed by atoms with Gasteiger partial charge in [-0.25, -0.2) is 4.79 Å². The number of fused-ring (bicyclic) bond motifs is 6. The van der Waals surface area contributed by atoms with E-state index in [2.05, 4.69) is 13.0 Å². The molecule has 10 heteroatoms. The lowest BCUT2D eigenvalue weighted by molar-refractivity contribution is -0.422. The molecule has 0 aromatic rings. The normalized spacial score (nSPS) is 55.8. The molecule has 4 aliphatic carbocycles. The van der Waals surface area contributed by atoms with Gasteiger partial charge in [-0.2, -0.15) is 0 Å². The topological polar surface area (TPSA) is 130 Å². The Bertz CT molecular complexity index is 1200. The number of cyclic esters (lactones) is 1. The average molecular weight is 545 g/mol.